The summed E-state index contributed by atoms with van der Waals surface area (Å²) < 4.78 is 94.4. The van der Waals surface area contributed by atoms with Gasteiger partial charge in [0.2, 0.25) is 0 Å². The van der Waals surface area contributed by atoms with E-state index >= 15 is 0 Å². The van der Waals surface area contributed by atoms with Crippen molar-refractivity contribution in [3.05, 3.63) is 138 Å². The summed E-state index contributed by atoms with van der Waals surface area (Å²) in [5.74, 6) is -0.292. The van der Waals surface area contributed by atoms with E-state index in [4.69, 9.17) is 0 Å². The first kappa shape index (κ1) is 29.7. The molecule has 1 nitrogen and oxygen atoms in total. The molecule has 1 heterocycles. The smallest absolute Gasteiger partial charge is 0.236 e. The first-order valence-corrected chi connectivity index (χ1v) is 14.8. The van der Waals surface area contributed by atoms with Crippen LogP contribution in [0.5, 0.6) is 0 Å². The molecule has 1 aromatic heterocycles. The number of hydrogen-bond acceptors (Lipinski definition) is 2. The molecular formula is C37H20F7NS. The third-order valence-corrected chi connectivity index (χ3v) is 8.86. The molecule has 0 saturated heterocycles. The summed E-state index contributed by atoms with van der Waals surface area (Å²) in [7, 11) is 0. The highest BCUT2D eigenvalue weighted by atomic mass is 32.1. The van der Waals surface area contributed by atoms with E-state index in [0.29, 0.717) is 0 Å². The summed E-state index contributed by atoms with van der Waals surface area (Å²) in [6.07, 6.45) is -9.82. The Morgan fingerprint density at radius 2 is 0.891 bits per heavy atom. The summed E-state index contributed by atoms with van der Waals surface area (Å²) in [5.41, 5.74) is 2.73. The number of alkyl halides is 6. The zero-order chi connectivity index (χ0) is 32.2. The molecule has 0 aliphatic rings. The highest BCUT2D eigenvalue weighted by Crippen LogP contribution is 2.39. The van der Waals surface area contributed by atoms with E-state index in [1.807, 2.05) is 54.6 Å². The van der Waals surface area contributed by atoms with Gasteiger partial charge in [-0.3, -0.25) is 0 Å². The van der Waals surface area contributed by atoms with Gasteiger partial charge < -0.3 is 0 Å². The summed E-state index contributed by atoms with van der Waals surface area (Å²) in [6, 6.07) is 32.5. The van der Waals surface area contributed by atoms with E-state index in [2.05, 4.69) is 11.1 Å². The normalized spacial score (nSPS) is 12.2. The lowest BCUT2D eigenvalue weighted by atomic mass is 9.95. The molecule has 0 radical (unpaired) electrons. The van der Waals surface area contributed by atoms with Crippen LogP contribution in [0.1, 0.15) is 11.1 Å². The van der Waals surface area contributed by atoms with Crippen molar-refractivity contribution < 1.29 is 30.7 Å². The molecule has 0 aliphatic heterocycles. The minimum Gasteiger partial charge on any atom is -0.236 e. The number of aromatic nitrogens is 1. The molecule has 0 unspecified atom stereocenters. The predicted molar refractivity (Wildman–Crippen MR) is 169 cm³/mol. The van der Waals surface area contributed by atoms with Gasteiger partial charge in [0.1, 0.15) is 10.8 Å². The van der Waals surface area contributed by atoms with Crippen molar-refractivity contribution in [3.63, 3.8) is 0 Å². The number of nitrogens with zero attached hydrogens (tertiary/aromatic N) is 1. The Kier molecular flexibility index (Phi) is 7.16. The van der Waals surface area contributed by atoms with Crippen LogP contribution in [0.25, 0.3) is 64.9 Å². The third kappa shape index (κ3) is 5.86. The molecule has 0 saturated carbocycles. The van der Waals surface area contributed by atoms with Crippen molar-refractivity contribution in [1.29, 1.82) is 0 Å². The Morgan fingerprint density at radius 3 is 1.39 bits per heavy atom. The van der Waals surface area contributed by atoms with Gasteiger partial charge in [-0.15, -0.1) is 11.3 Å². The van der Waals surface area contributed by atoms with Gasteiger partial charge in [-0.25, -0.2) is 9.37 Å². The first-order chi connectivity index (χ1) is 21.9. The summed E-state index contributed by atoms with van der Waals surface area (Å²) >= 11 is 1.44. The molecule has 0 N–H and O–H groups in total. The highest BCUT2D eigenvalue weighted by Gasteiger charge is 2.37. The molecule has 0 amide bonds. The first-order valence-electron chi connectivity index (χ1n) is 14.0. The molecule has 46 heavy (non-hydrogen) atoms. The fourth-order valence-corrected chi connectivity index (χ4v) is 6.40. The molecule has 6 aromatic carbocycles. The zero-order valence-corrected chi connectivity index (χ0v) is 24.4. The minimum absolute atomic E-state index is 0.127. The Balaban J connectivity index is 1.13. The lowest BCUT2D eigenvalue weighted by Gasteiger charge is -2.14. The lowest BCUT2D eigenvalue weighted by molar-refractivity contribution is -0.143. The van der Waals surface area contributed by atoms with Crippen LogP contribution in [0.3, 0.4) is 0 Å². The number of rotatable bonds is 4. The summed E-state index contributed by atoms with van der Waals surface area (Å²) in [4.78, 5) is 4.62. The molecule has 228 valence electrons. The minimum atomic E-state index is -4.91. The fraction of sp³-hybridized carbons (Fsp3) is 0.0541. The van der Waals surface area contributed by atoms with E-state index in [-0.39, 0.29) is 23.0 Å². The van der Waals surface area contributed by atoms with Crippen LogP contribution < -0.4 is 0 Å². The van der Waals surface area contributed by atoms with Crippen molar-refractivity contribution in [2.45, 2.75) is 12.4 Å². The zero-order valence-electron chi connectivity index (χ0n) is 23.5. The van der Waals surface area contributed by atoms with Gasteiger partial charge in [0, 0.05) is 5.56 Å². The number of benzene rings is 6. The second kappa shape index (κ2) is 11.1. The van der Waals surface area contributed by atoms with Crippen LogP contribution in [-0.4, -0.2) is 4.98 Å². The Hall–Kier alpha value is -5.02. The van der Waals surface area contributed by atoms with Crippen molar-refractivity contribution in [2.24, 2.45) is 0 Å². The standard InChI is InChI=1S/C37H20F7NS/c38-32-13-14-33-34(20-32)46-35(45-33)24-7-5-22(6-8-24)26-10-12-27-15-25(9-11-28(27)16-26)21-1-3-23(4-2-21)29-17-30(36(39,40)41)19-31(18-29)37(42,43)44/h1-20H. The SMILES string of the molecule is Fc1ccc2nc(-c3ccc(-c4ccc5cc(-c6ccc(-c7cc(C(F)(F)F)cc(C(F)(F)F)c7)cc6)ccc5c4)cc3)sc2c1. The largest absolute Gasteiger partial charge is 0.416 e. The molecule has 0 fully saturated rings. The van der Waals surface area contributed by atoms with E-state index in [1.54, 1.807) is 18.2 Å². The topological polar surface area (TPSA) is 12.9 Å². The van der Waals surface area contributed by atoms with Gasteiger partial charge in [0.15, 0.2) is 0 Å². The maximum atomic E-state index is 13.6. The molecule has 0 aliphatic carbocycles. The van der Waals surface area contributed by atoms with Crippen molar-refractivity contribution in [2.75, 3.05) is 0 Å². The van der Waals surface area contributed by atoms with Crippen LogP contribution >= 0.6 is 11.3 Å². The van der Waals surface area contributed by atoms with Crippen LogP contribution in [0.15, 0.2) is 121 Å². The monoisotopic (exact) mass is 643 g/mol. The quantitative estimate of drug-likeness (QED) is 0.174. The molecule has 0 bridgehead atoms. The average molecular weight is 644 g/mol. The number of halogens is 7. The van der Waals surface area contributed by atoms with Gasteiger partial charge in [-0.1, -0.05) is 72.8 Å². The van der Waals surface area contributed by atoms with Crippen LogP contribution in [-0.2, 0) is 12.4 Å². The van der Waals surface area contributed by atoms with E-state index in [1.165, 1.54) is 35.6 Å². The number of thiazole rings is 1. The molecule has 7 rings (SSSR count). The van der Waals surface area contributed by atoms with E-state index in [0.717, 1.165) is 65.9 Å². The highest BCUT2D eigenvalue weighted by molar-refractivity contribution is 7.21. The number of hydrogen-bond donors (Lipinski definition) is 0. The van der Waals surface area contributed by atoms with Crippen LogP contribution in [0.4, 0.5) is 30.7 Å². The van der Waals surface area contributed by atoms with Crippen molar-refractivity contribution in [1.82, 2.24) is 4.98 Å². The Labute approximate surface area is 262 Å². The molecule has 7 aromatic rings. The summed E-state index contributed by atoms with van der Waals surface area (Å²) in [6.45, 7) is 0. The Bertz CT molecular complexity index is 2200. The van der Waals surface area contributed by atoms with Crippen molar-refractivity contribution >= 4 is 32.3 Å². The summed E-state index contributed by atoms with van der Waals surface area (Å²) in [5, 5.41) is 2.78. The van der Waals surface area contributed by atoms with Gasteiger partial charge in [-0.2, -0.15) is 26.3 Å². The van der Waals surface area contributed by atoms with Crippen molar-refractivity contribution in [3.8, 4) is 44.0 Å². The molecule has 0 spiro atoms. The van der Waals surface area contributed by atoms with Gasteiger partial charge in [0.05, 0.1) is 21.3 Å². The van der Waals surface area contributed by atoms with E-state index < -0.39 is 23.5 Å². The van der Waals surface area contributed by atoms with Crippen LogP contribution in [0.2, 0.25) is 0 Å². The lowest BCUT2D eigenvalue weighted by Crippen LogP contribution is -2.11. The molecule has 0 atom stereocenters. The van der Waals surface area contributed by atoms with Gasteiger partial charge in [0.25, 0.3) is 0 Å². The van der Waals surface area contributed by atoms with Gasteiger partial charge >= 0.3 is 12.4 Å². The average Bonchev–Trinajstić information content (AvgIpc) is 3.47. The third-order valence-electron chi connectivity index (χ3n) is 7.80. The fourth-order valence-electron chi connectivity index (χ4n) is 5.41. The van der Waals surface area contributed by atoms with E-state index in [9.17, 15) is 30.7 Å². The molecule has 9 heteroatoms. The second-order valence-electron chi connectivity index (χ2n) is 10.9. The maximum Gasteiger partial charge on any atom is 0.416 e. The molecular weight excluding hydrogens is 623 g/mol. The predicted octanol–water partition coefficient (Wildman–Crippen LogP) is 12.3. The van der Waals surface area contributed by atoms with Crippen LogP contribution in [0, 0.1) is 5.82 Å². The number of fused-ring (bicyclic) bond motifs is 2. The maximum absolute atomic E-state index is 13.6. The Morgan fingerprint density at radius 1 is 0.435 bits per heavy atom. The second-order valence-corrected chi connectivity index (χ2v) is 11.9. The van der Waals surface area contributed by atoms with Gasteiger partial charge in [-0.05, 0) is 92.7 Å².